The van der Waals surface area contributed by atoms with Gasteiger partial charge in [0.05, 0.1) is 6.10 Å². The van der Waals surface area contributed by atoms with Crippen LogP contribution in [-0.4, -0.2) is 46.7 Å². The number of likely N-dealkylation sites (N-methyl/N-ethyl adjacent to an activating group) is 1. The average Bonchev–Trinajstić information content (AvgIpc) is 2.13. The van der Waals surface area contributed by atoms with Crippen molar-refractivity contribution in [3.05, 3.63) is 0 Å². The van der Waals surface area contributed by atoms with E-state index in [1.54, 1.807) is 6.92 Å². The number of amides is 1. The van der Waals surface area contributed by atoms with Gasteiger partial charge >= 0.3 is 5.97 Å². The summed E-state index contributed by atoms with van der Waals surface area (Å²) >= 11 is 0. The molecule has 0 spiro atoms. The maximum atomic E-state index is 11.4. The Balaban J connectivity index is 2.77. The van der Waals surface area contributed by atoms with E-state index < -0.39 is 11.5 Å². The largest absolute Gasteiger partial charge is 0.479 e. The Morgan fingerprint density at radius 1 is 1.44 bits per heavy atom. The van der Waals surface area contributed by atoms with Gasteiger partial charge in [0.2, 0.25) is 5.91 Å². The summed E-state index contributed by atoms with van der Waals surface area (Å²) in [7, 11) is 0. The normalized spacial score (nSPS) is 28.3. The molecule has 0 saturated heterocycles. The minimum Gasteiger partial charge on any atom is -0.479 e. The molecule has 1 saturated carbocycles. The molecule has 1 aliphatic carbocycles. The predicted octanol–water partition coefficient (Wildman–Crippen LogP) is 0.877. The Kier molecular flexibility index (Phi) is 3.91. The molecule has 16 heavy (non-hydrogen) atoms. The van der Waals surface area contributed by atoms with Gasteiger partial charge in [-0.15, -0.1) is 0 Å². The summed E-state index contributed by atoms with van der Waals surface area (Å²) in [5.41, 5.74) is -1.04. The molecule has 1 aliphatic rings. The summed E-state index contributed by atoms with van der Waals surface area (Å²) in [6, 6.07) is 0. The summed E-state index contributed by atoms with van der Waals surface area (Å²) in [5.74, 6) is -1.12. The van der Waals surface area contributed by atoms with Crippen LogP contribution in [-0.2, 0) is 14.3 Å². The molecule has 0 aromatic heterocycles. The summed E-state index contributed by atoms with van der Waals surface area (Å²) in [6.07, 6.45) is 0.752. The van der Waals surface area contributed by atoms with E-state index in [2.05, 4.69) is 0 Å². The molecule has 1 fully saturated rings. The van der Waals surface area contributed by atoms with Gasteiger partial charge in [-0.05, 0) is 13.8 Å². The second-order valence-electron chi connectivity index (χ2n) is 4.09. The summed E-state index contributed by atoms with van der Waals surface area (Å²) < 4.78 is 5.36. The van der Waals surface area contributed by atoms with E-state index in [0.29, 0.717) is 26.0 Å². The van der Waals surface area contributed by atoms with E-state index in [1.807, 2.05) is 6.92 Å². The smallest absolute Gasteiger partial charge is 0.329 e. The van der Waals surface area contributed by atoms with Crippen molar-refractivity contribution in [2.24, 2.45) is 0 Å². The second-order valence-corrected chi connectivity index (χ2v) is 4.09. The maximum absolute atomic E-state index is 11.4. The molecule has 0 aromatic rings. The lowest BCUT2D eigenvalue weighted by Gasteiger charge is -2.50. The highest BCUT2D eigenvalue weighted by Gasteiger charge is 2.55. The van der Waals surface area contributed by atoms with Gasteiger partial charge in [0.15, 0.2) is 0 Å². The van der Waals surface area contributed by atoms with Gasteiger partial charge < -0.3 is 14.7 Å². The molecule has 1 N–H and O–H groups in total. The second kappa shape index (κ2) is 4.82. The van der Waals surface area contributed by atoms with Crippen molar-refractivity contribution < 1.29 is 19.4 Å². The van der Waals surface area contributed by atoms with E-state index in [1.165, 1.54) is 11.8 Å². The Hall–Kier alpha value is -1.10. The molecule has 5 heteroatoms. The van der Waals surface area contributed by atoms with Gasteiger partial charge in [-0.2, -0.15) is 0 Å². The molecule has 0 radical (unpaired) electrons. The first kappa shape index (κ1) is 13.0. The van der Waals surface area contributed by atoms with Crippen LogP contribution in [0.15, 0.2) is 0 Å². The van der Waals surface area contributed by atoms with Crippen LogP contribution in [0.25, 0.3) is 0 Å². The number of aliphatic carboxylic acids is 1. The molecule has 0 aliphatic heterocycles. The Morgan fingerprint density at radius 3 is 2.31 bits per heavy atom. The van der Waals surface area contributed by atoms with Crippen molar-refractivity contribution in [2.75, 3.05) is 13.2 Å². The molecule has 0 aromatic carbocycles. The van der Waals surface area contributed by atoms with Gasteiger partial charge in [0.1, 0.15) is 5.54 Å². The third-order valence-corrected chi connectivity index (χ3v) is 3.14. The van der Waals surface area contributed by atoms with Crippen LogP contribution in [0.2, 0.25) is 0 Å². The Bertz CT molecular complexity index is 284. The van der Waals surface area contributed by atoms with Crippen molar-refractivity contribution in [1.82, 2.24) is 4.90 Å². The van der Waals surface area contributed by atoms with Crippen molar-refractivity contribution in [3.8, 4) is 0 Å². The monoisotopic (exact) mass is 229 g/mol. The molecule has 92 valence electrons. The highest BCUT2D eigenvalue weighted by Crippen LogP contribution is 2.40. The number of rotatable bonds is 5. The predicted molar refractivity (Wildman–Crippen MR) is 58.1 cm³/mol. The van der Waals surface area contributed by atoms with Crippen LogP contribution in [0.4, 0.5) is 0 Å². The van der Waals surface area contributed by atoms with Crippen LogP contribution < -0.4 is 0 Å². The lowest BCUT2D eigenvalue weighted by Crippen LogP contribution is -2.65. The van der Waals surface area contributed by atoms with Gasteiger partial charge in [-0.25, -0.2) is 4.79 Å². The first-order valence-corrected chi connectivity index (χ1v) is 5.61. The van der Waals surface area contributed by atoms with E-state index >= 15 is 0 Å². The van der Waals surface area contributed by atoms with Gasteiger partial charge in [0.25, 0.3) is 0 Å². The number of ether oxygens (including phenoxy) is 1. The molecule has 5 nitrogen and oxygen atoms in total. The van der Waals surface area contributed by atoms with E-state index in [0.717, 1.165) is 0 Å². The number of nitrogens with zero attached hydrogens (tertiary/aromatic N) is 1. The molecule has 0 unspecified atom stereocenters. The minimum atomic E-state index is -1.04. The average molecular weight is 229 g/mol. The zero-order valence-electron chi connectivity index (χ0n) is 10.0. The zero-order valence-corrected chi connectivity index (χ0v) is 10.0. The lowest BCUT2D eigenvalue weighted by atomic mass is 9.72. The third-order valence-electron chi connectivity index (χ3n) is 3.14. The number of carbonyl (C=O) groups excluding carboxylic acids is 1. The topological polar surface area (TPSA) is 66.8 Å². The first-order valence-electron chi connectivity index (χ1n) is 5.61. The highest BCUT2D eigenvalue weighted by atomic mass is 16.5. The quantitative estimate of drug-likeness (QED) is 0.759. The molecule has 0 atom stereocenters. The highest BCUT2D eigenvalue weighted by molar-refractivity contribution is 5.87. The fourth-order valence-electron chi connectivity index (χ4n) is 2.38. The van der Waals surface area contributed by atoms with Crippen molar-refractivity contribution in [1.29, 1.82) is 0 Å². The molecule has 0 bridgehead atoms. The number of carboxylic acids is 1. The number of hydrogen-bond donors (Lipinski definition) is 1. The number of carboxylic acid groups (broad SMARTS) is 1. The van der Waals surface area contributed by atoms with Crippen molar-refractivity contribution in [3.63, 3.8) is 0 Å². The Labute approximate surface area is 95.4 Å². The molecule has 1 amide bonds. The fraction of sp³-hybridized carbons (Fsp3) is 0.818. The van der Waals surface area contributed by atoms with Crippen LogP contribution in [0.1, 0.15) is 33.6 Å². The molecule has 0 heterocycles. The van der Waals surface area contributed by atoms with Gasteiger partial charge in [0, 0.05) is 32.9 Å². The minimum absolute atomic E-state index is 0.0329. The number of carbonyl (C=O) groups is 2. The van der Waals surface area contributed by atoms with Crippen molar-refractivity contribution in [2.45, 2.75) is 45.3 Å². The van der Waals surface area contributed by atoms with Crippen LogP contribution >= 0.6 is 0 Å². The van der Waals surface area contributed by atoms with E-state index in [9.17, 15) is 14.7 Å². The summed E-state index contributed by atoms with van der Waals surface area (Å²) in [4.78, 5) is 24.1. The van der Waals surface area contributed by atoms with Crippen LogP contribution in [0.3, 0.4) is 0 Å². The molecular formula is C11H19NO4. The van der Waals surface area contributed by atoms with Gasteiger partial charge in [-0.3, -0.25) is 4.79 Å². The van der Waals surface area contributed by atoms with E-state index in [-0.39, 0.29) is 12.0 Å². The molecule has 1 rings (SSSR count). The van der Waals surface area contributed by atoms with Crippen LogP contribution in [0.5, 0.6) is 0 Å². The Morgan fingerprint density at radius 2 is 2.00 bits per heavy atom. The van der Waals surface area contributed by atoms with Crippen molar-refractivity contribution >= 4 is 11.9 Å². The lowest BCUT2D eigenvalue weighted by molar-refractivity contribution is -0.178. The zero-order chi connectivity index (χ0) is 12.3. The number of hydrogen-bond acceptors (Lipinski definition) is 3. The maximum Gasteiger partial charge on any atom is 0.329 e. The standard InChI is InChI=1S/C11H19NO4/c1-4-12(8(3)13)11(10(14)15)6-9(7-11)16-5-2/h9H,4-7H2,1-3H3,(H,14,15). The van der Waals surface area contributed by atoms with Crippen LogP contribution in [0, 0.1) is 0 Å². The third kappa shape index (κ3) is 2.04. The SMILES string of the molecule is CCOC1CC(C(=O)O)(N(CC)C(C)=O)C1. The fourth-order valence-corrected chi connectivity index (χ4v) is 2.38. The van der Waals surface area contributed by atoms with E-state index in [4.69, 9.17) is 4.74 Å². The summed E-state index contributed by atoms with van der Waals surface area (Å²) in [5, 5.41) is 9.27. The first-order chi connectivity index (χ1) is 7.47. The summed E-state index contributed by atoms with van der Waals surface area (Å²) in [6.45, 7) is 6.07. The van der Waals surface area contributed by atoms with Gasteiger partial charge in [-0.1, -0.05) is 0 Å². The molecular weight excluding hydrogens is 210 g/mol.